The molecule has 0 aliphatic carbocycles. The Balaban J connectivity index is 3.02. The summed E-state index contributed by atoms with van der Waals surface area (Å²) in [6.07, 6.45) is 1.89. The summed E-state index contributed by atoms with van der Waals surface area (Å²) in [6, 6.07) is 4.14. The van der Waals surface area contributed by atoms with Gasteiger partial charge in [0, 0.05) is 11.0 Å². The predicted molar refractivity (Wildman–Crippen MR) is 77.3 cm³/mol. The molecule has 0 amide bonds. The second-order valence-electron chi connectivity index (χ2n) is 3.27. The largest absolute Gasteiger partial charge is 0.328 e. The van der Waals surface area contributed by atoms with Crippen molar-refractivity contribution in [2.45, 2.75) is 26.7 Å². The molecule has 0 aliphatic rings. The van der Waals surface area contributed by atoms with Crippen LogP contribution in [-0.2, 0) is 0 Å². The highest BCUT2D eigenvalue weighted by molar-refractivity contribution is 9.10. The van der Waals surface area contributed by atoms with Gasteiger partial charge in [0.1, 0.15) is 10.9 Å². The van der Waals surface area contributed by atoms with E-state index >= 15 is 0 Å². The summed E-state index contributed by atoms with van der Waals surface area (Å²) in [6.45, 7) is 5.09. The van der Waals surface area contributed by atoms with Crippen molar-refractivity contribution in [3.05, 3.63) is 15.4 Å². The van der Waals surface area contributed by atoms with Gasteiger partial charge in [0.05, 0.1) is 9.99 Å². The molecule has 0 bridgehead atoms. The molecule has 0 aromatic carbocycles. The van der Waals surface area contributed by atoms with Gasteiger partial charge < -0.3 is 4.90 Å². The van der Waals surface area contributed by atoms with Crippen molar-refractivity contribution < 1.29 is 0 Å². The van der Waals surface area contributed by atoms with Crippen molar-refractivity contribution in [3.8, 4) is 6.07 Å². The van der Waals surface area contributed by atoms with Crippen molar-refractivity contribution in [3.63, 3.8) is 0 Å². The van der Waals surface area contributed by atoms with Crippen LogP contribution >= 0.6 is 39.5 Å². The van der Waals surface area contributed by atoms with Gasteiger partial charge in [0.15, 0.2) is 0 Å². The Hall–Kier alpha value is -0.440. The molecule has 1 aromatic rings. The maximum absolute atomic E-state index is 8.92. The van der Waals surface area contributed by atoms with Gasteiger partial charge in [-0.15, -0.1) is 11.3 Å². The summed E-state index contributed by atoms with van der Waals surface area (Å²) in [5, 5.41) is 9.97. The number of nitrogens with zero attached hydrogens (tertiary/aromatic N) is 2. The molecule has 2 nitrogen and oxygen atoms in total. The molecule has 0 unspecified atom stereocenters. The maximum Gasteiger partial charge on any atom is 0.121 e. The van der Waals surface area contributed by atoms with Crippen LogP contribution in [0.5, 0.6) is 0 Å². The fourth-order valence-corrected chi connectivity index (χ4v) is 3.19. The molecule has 86 valence electrons. The number of halogens is 1. The van der Waals surface area contributed by atoms with E-state index in [1.54, 1.807) is 0 Å². The van der Waals surface area contributed by atoms with Crippen LogP contribution in [0.25, 0.3) is 0 Å². The van der Waals surface area contributed by atoms with Crippen LogP contribution in [0.3, 0.4) is 0 Å². The molecule has 0 saturated heterocycles. The summed E-state index contributed by atoms with van der Waals surface area (Å²) in [5.41, 5.74) is 0. The molecule has 0 saturated carbocycles. The first-order valence-electron chi connectivity index (χ1n) is 5.13. The highest BCUT2D eigenvalue weighted by atomic mass is 79.9. The topological polar surface area (TPSA) is 27.0 Å². The average molecular weight is 317 g/mol. The van der Waals surface area contributed by atoms with E-state index in [0.717, 1.165) is 33.8 Å². The molecule has 0 fully saturated rings. The fourth-order valence-electron chi connectivity index (χ4n) is 1.34. The summed E-state index contributed by atoms with van der Waals surface area (Å²) >= 11 is 10.2. The van der Waals surface area contributed by atoms with Crippen molar-refractivity contribution in [1.29, 1.82) is 5.26 Å². The van der Waals surface area contributed by atoms with Crippen LogP contribution in [0, 0.1) is 11.3 Å². The predicted octanol–water partition coefficient (Wildman–Crippen LogP) is 4.34. The quantitative estimate of drug-likeness (QED) is 0.773. The molecule has 1 rings (SSSR count). The van der Waals surface area contributed by atoms with Crippen LogP contribution in [-0.4, -0.2) is 11.5 Å². The molecular weight excluding hydrogens is 304 g/mol. The van der Waals surface area contributed by atoms with Crippen LogP contribution in [0.2, 0.25) is 0 Å². The molecule has 1 aromatic heterocycles. The summed E-state index contributed by atoms with van der Waals surface area (Å²) in [7, 11) is 0. The van der Waals surface area contributed by atoms with E-state index in [1.807, 2.05) is 6.07 Å². The Bertz CT molecular complexity index is 420. The van der Waals surface area contributed by atoms with E-state index in [9.17, 15) is 0 Å². The lowest BCUT2D eigenvalue weighted by molar-refractivity contribution is 0.905. The Morgan fingerprint density at radius 3 is 2.75 bits per heavy atom. The standard InChI is InChI=1S/C11H13BrN2S2/c1-3-5-14(10(15)4-2)11-6-8(12)9(7-13)16-11/h6H,3-5H2,1-2H3. The molecular formula is C11H13BrN2S2. The lowest BCUT2D eigenvalue weighted by atomic mass is 10.3. The minimum absolute atomic E-state index is 0.704. The fraction of sp³-hybridized carbons (Fsp3) is 0.455. The van der Waals surface area contributed by atoms with E-state index in [2.05, 4.69) is 40.7 Å². The maximum atomic E-state index is 8.92. The zero-order valence-corrected chi connectivity index (χ0v) is 12.5. The van der Waals surface area contributed by atoms with E-state index < -0.39 is 0 Å². The van der Waals surface area contributed by atoms with Gasteiger partial charge in [-0.1, -0.05) is 26.1 Å². The zero-order chi connectivity index (χ0) is 12.1. The third kappa shape index (κ3) is 3.03. The number of thiocarbonyl (C=S) groups is 1. The second-order valence-corrected chi connectivity index (χ2v) is 5.63. The van der Waals surface area contributed by atoms with Gasteiger partial charge in [-0.2, -0.15) is 5.26 Å². The van der Waals surface area contributed by atoms with Gasteiger partial charge in [0.25, 0.3) is 0 Å². The number of nitriles is 1. The summed E-state index contributed by atoms with van der Waals surface area (Å²) in [4.78, 5) is 3.75. The Kier molecular flexibility index (Phi) is 5.39. The highest BCUT2D eigenvalue weighted by Crippen LogP contribution is 2.33. The molecule has 16 heavy (non-hydrogen) atoms. The number of anilines is 1. The second kappa shape index (κ2) is 6.33. The monoisotopic (exact) mass is 316 g/mol. The molecule has 1 heterocycles. The van der Waals surface area contributed by atoms with E-state index in [1.165, 1.54) is 11.3 Å². The summed E-state index contributed by atoms with van der Waals surface area (Å²) in [5.74, 6) is 0. The van der Waals surface area contributed by atoms with Crippen molar-refractivity contribution >= 4 is 49.5 Å². The molecule has 0 aliphatic heterocycles. The third-order valence-electron chi connectivity index (χ3n) is 2.09. The van der Waals surface area contributed by atoms with Crippen LogP contribution < -0.4 is 4.90 Å². The highest BCUT2D eigenvalue weighted by Gasteiger charge is 2.14. The van der Waals surface area contributed by atoms with E-state index in [0.29, 0.717) is 4.88 Å². The van der Waals surface area contributed by atoms with Crippen LogP contribution in [0.4, 0.5) is 5.00 Å². The van der Waals surface area contributed by atoms with Gasteiger partial charge in [0.2, 0.25) is 0 Å². The molecule has 5 heteroatoms. The van der Waals surface area contributed by atoms with Gasteiger partial charge in [-0.3, -0.25) is 0 Å². The lowest BCUT2D eigenvalue weighted by Gasteiger charge is -2.22. The van der Waals surface area contributed by atoms with Crippen LogP contribution in [0.15, 0.2) is 10.5 Å². The van der Waals surface area contributed by atoms with E-state index in [4.69, 9.17) is 17.5 Å². The summed E-state index contributed by atoms with van der Waals surface area (Å²) < 4.78 is 0.856. The average Bonchev–Trinajstić information content (AvgIpc) is 2.66. The number of hydrogen-bond donors (Lipinski definition) is 0. The normalized spacial score (nSPS) is 9.88. The number of rotatable bonds is 4. The molecule has 0 spiro atoms. The Morgan fingerprint density at radius 2 is 2.31 bits per heavy atom. The molecule has 0 N–H and O–H groups in total. The van der Waals surface area contributed by atoms with Crippen molar-refractivity contribution in [2.24, 2.45) is 0 Å². The molecule has 0 radical (unpaired) electrons. The van der Waals surface area contributed by atoms with E-state index in [-0.39, 0.29) is 0 Å². The van der Waals surface area contributed by atoms with Crippen LogP contribution in [0.1, 0.15) is 31.6 Å². The smallest absolute Gasteiger partial charge is 0.121 e. The molecule has 0 atom stereocenters. The number of thiophene rings is 1. The first kappa shape index (κ1) is 13.6. The van der Waals surface area contributed by atoms with Crippen molar-refractivity contribution in [1.82, 2.24) is 0 Å². The number of hydrogen-bond acceptors (Lipinski definition) is 3. The third-order valence-corrected chi connectivity index (χ3v) is 4.55. The lowest BCUT2D eigenvalue weighted by Crippen LogP contribution is -2.28. The zero-order valence-electron chi connectivity index (χ0n) is 9.29. The van der Waals surface area contributed by atoms with Gasteiger partial charge >= 0.3 is 0 Å². The Morgan fingerprint density at radius 1 is 1.62 bits per heavy atom. The SMILES string of the molecule is CCCN(C(=S)CC)c1cc(Br)c(C#N)s1. The minimum Gasteiger partial charge on any atom is -0.328 e. The first-order chi connectivity index (χ1) is 7.63. The Labute approximate surface area is 114 Å². The minimum atomic E-state index is 0.704. The van der Waals surface area contributed by atoms with Crippen molar-refractivity contribution in [2.75, 3.05) is 11.4 Å². The first-order valence-corrected chi connectivity index (χ1v) is 7.15. The van der Waals surface area contributed by atoms with Gasteiger partial charge in [-0.05, 0) is 34.8 Å². The van der Waals surface area contributed by atoms with Gasteiger partial charge in [-0.25, -0.2) is 0 Å².